The van der Waals surface area contributed by atoms with Gasteiger partial charge in [-0.05, 0) is 26.0 Å². The van der Waals surface area contributed by atoms with E-state index < -0.39 is 23.7 Å². The molecule has 5 heteroatoms. The minimum absolute atomic E-state index is 0.0168. The quantitative estimate of drug-likeness (QED) is 0.557. The Balaban J connectivity index is 2.73. The van der Waals surface area contributed by atoms with Crippen molar-refractivity contribution >= 4 is 5.78 Å². The van der Waals surface area contributed by atoms with E-state index in [0.29, 0.717) is 13.2 Å². The number of benzene rings is 1. The maximum Gasteiger partial charge on any atom is 0.168 e. The van der Waals surface area contributed by atoms with Crippen molar-refractivity contribution in [3.05, 3.63) is 35.4 Å². The zero-order valence-corrected chi connectivity index (χ0v) is 10.4. The van der Waals surface area contributed by atoms with Crippen LogP contribution in [0.4, 0.5) is 8.78 Å². The number of hydrogen-bond acceptors (Lipinski definition) is 3. The van der Waals surface area contributed by atoms with Crippen molar-refractivity contribution < 1.29 is 23.0 Å². The van der Waals surface area contributed by atoms with Gasteiger partial charge in [0, 0.05) is 24.8 Å². The molecule has 3 nitrogen and oxygen atoms in total. The number of hydrogen-bond donors (Lipinski definition) is 0. The molecule has 0 aliphatic carbocycles. The third kappa shape index (κ3) is 4.50. The highest BCUT2D eigenvalue weighted by Crippen LogP contribution is 2.13. The topological polar surface area (TPSA) is 35.5 Å². The van der Waals surface area contributed by atoms with Gasteiger partial charge in [0.25, 0.3) is 0 Å². The van der Waals surface area contributed by atoms with E-state index >= 15 is 0 Å². The SMILES string of the molecule is CCOC(CC(=O)c1cc(F)cc(F)c1)OCC. The molecule has 0 amide bonds. The average molecular weight is 258 g/mol. The first-order chi connectivity index (χ1) is 8.56. The lowest BCUT2D eigenvalue weighted by Gasteiger charge is -2.16. The molecule has 0 saturated carbocycles. The zero-order chi connectivity index (χ0) is 13.5. The molecule has 1 aromatic carbocycles. The van der Waals surface area contributed by atoms with Crippen LogP contribution in [0.15, 0.2) is 18.2 Å². The number of ketones is 1. The molecule has 0 saturated heterocycles. The monoisotopic (exact) mass is 258 g/mol. The van der Waals surface area contributed by atoms with E-state index in [4.69, 9.17) is 9.47 Å². The fourth-order valence-electron chi connectivity index (χ4n) is 1.52. The van der Waals surface area contributed by atoms with Gasteiger partial charge in [-0.1, -0.05) is 0 Å². The largest absolute Gasteiger partial charge is 0.352 e. The molecule has 0 spiro atoms. The van der Waals surface area contributed by atoms with Gasteiger partial charge in [-0.15, -0.1) is 0 Å². The van der Waals surface area contributed by atoms with Crippen LogP contribution in [0, 0.1) is 11.6 Å². The predicted octanol–water partition coefficient (Wildman–Crippen LogP) is 2.94. The Labute approximate surface area is 105 Å². The molecule has 0 aliphatic heterocycles. The summed E-state index contributed by atoms with van der Waals surface area (Å²) in [4.78, 5) is 11.8. The smallest absolute Gasteiger partial charge is 0.168 e. The summed E-state index contributed by atoms with van der Waals surface area (Å²) in [5.41, 5.74) is -0.0168. The third-order valence-electron chi connectivity index (χ3n) is 2.24. The van der Waals surface area contributed by atoms with Gasteiger partial charge >= 0.3 is 0 Å². The van der Waals surface area contributed by atoms with Crippen LogP contribution in [0.1, 0.15) is 30.6 Å². The van der Waals surface area contributed by atoms with Crippen LogP contribution in [0.2, 0.25) is 0 Å². The maximum atomic E-state index is 13.0. The first-order valence-electron chi connectivity index (χ1n) is 5.79. The van der Waals surface area contributed by atoms with E-state index in [0.717, 1.165) is 18.2 Å². The van der Waals surface area contributed by atoms with Gasteiger partial charge in [-0.25, -0.2) is 8.78 Å². The van der Waals surface area contributed by atoms with Crippen LogP contribution >= 0.6 is 0 Å². The van der Waals surface area contributed by atoms with Crippen molar-refractivity contribution in [3.8, 4) is 0 Å². The molecule has 100 valence electrons. The molecule has 0 atom stereocenters. The molecule has 1 aromatic rings. The Kier molecular flexibility index (Phi) is 5.88. The minimum Gasteiger partial charge on any atom is -0.352 e. The van der Waals surface area contributed by atoms with Crippen LogP contribution in [0.5, 0.6) is 0 Å². The Hall–Kier alpha value is -1.33. The van der Waals surface area contributed by atoms with Crippen molar-refractivity contribution in [1.29, 1.82) is 0 Å². The second kappa shape index (κ2) is 7.18. The van der Waals surface area contributed by atoms with E-state index in [2.05, 4.69) is 0 Å². The molecule has 0 N–H and O–H groups in total. The Morgan fingerprint density at radius 1 is 1.11 bits per heavy atom. The van der Waals surface area contributed by atoms with E-state index in [-0.39, 0.29) is 12.0 Å². The minimum atomic E-state index is -0.775. The molecule has 0 bridgehead atoms. The number of carbonyl (C=O) groups excluding carboxylic acids is 1. The summed E-state index contributed by atoms with van der Waals surface area (Å²) in [5, 5.41) is 0. The van der Waals surface area contributed by atoms with Crippen LogP contribution in [0.25, 0.3) is 0 Å². The standard InChI is InChI=1S/C13H16F2O3/c1-3-17-13(18-4-2)8-12(16)9-5-10(14)7-11(15)6-9/h5-7,13H,3-4,8H2,1-2H3. The average Bonchev–Trinajstić information content (AvgIpc) is 2.28. The summed E-state index contributed by atoms with van der Waals surface area (Å²) in [6, 6.07) is 2.72. The van der Waals surface area contributed by atoms with Crippen molar-refractivity contribution in [2.45, 2.75) is 26.6 Å². The van der Waals surface area contributed by atoms with E-state index in [1.807, 2.05) is 0 Å². The van der Waals surface area contributed by atoms with Crippen molar-refractivity contribution in [1.82, 2.24) is 0 Å². The Morgan fingerprint density at radius 2 is 1.61 bits per heavy atom. The lowest BCUT2D eigenvalue weighted by Crippen LogP contribution is -2.21. The van der Waals surface area contributed by atoms with Gasteiger partial charge < -0.3 is 9.47 Å². The summed E-state index contributed by atoms with van der Waals surface area (Å²) >= 11 is 0. The van der Waals surface area contributed by atoms with Gasteiger partial charge in [0.05, 0.1) is 6.42 Å². The van der Waals surface area contributed by atoms with Crippen molar-refractivity contribution in [2.24, 2.45) is 0 Å². The number of ether oxygens (including phenoxy) is 2. The Morgan fingerprint density at radius 3 is 2.06 bits per heavy atom. The molecule has 0 aromatic heterocycles. The normalized spacial score (nSPS) is 10.9. The van der Waals surface area contributed by atoms with Gasteiger partial charge in [0.15, 0.2) is 12.1 Å². The van der Waals surface area contributed by atoms with Gasteiger partial charge in [0.1, 0.15) is 11.6 Å². The van der Waals surface area contributed by atoms with Crippen LogP contribution < -0.4 is 0 Å². The molecule has 0 heterocycles. The molecule has 0 unspecified atom stereocenters. The van der Waals surface area contributed by atoms with E-state index in [9.17, 15) is 13.6 Å². The lowest BCUT2D eigenvalue weighted by molar-refractivity contribution is -0.133. The zero-order valence-electron chi connectivity index (χ0n) is 10.4. The fraction of sp³-hybridized carbons (Fsp3) is 0.462. The molecule has 18 heavy (non-hydrogen) atoms. The summed E-state index contributed by atoms with van der Waals surface area (Å²) in [6.45, 7) is 4.35. The molecule has 0 radical (unpaired) electrons. The molecular weight excluding hydrogens is 242 g/mol. The third-order valence-corrected chi connectivity index (χ3v) is 2.24. The summed E-state index contributed by atoms with van der Waals surface area (Å²) in [5.74, 6) is -1.97. The number of rotatable bonds is 7. The number of carbonyl (C=O) groups is 1. The maximum absolute atomic E-state index is 13.0. The second-order valence-corrected chi connectivity index (χ2v) is 3.63. The van der Waals surface area contributed by atoms with Crippen LogP contribution in [0.3, 0.4) is 0 Å². The van der Waals surface area contributed by atoms with Crippen LogP contribution in [-0.2, 0) is 9.47 Å². The first-order valence-corrected chi connectivity index (χ1v) is 5.79. The summed E-state index contributed by atoms with van der Waals surface area (Å²) in [6.07, 6.45) is -0.747. The van der Waals surface area contributed by atoms with Gasteiger partial charge in [0.2, 0.25) is 0 Å². The van der Waals surface area contributed by atoms with Gasteiger partial charge in [-0.3, -0.25) is 4.79 Å². The molecule has 1 rings (SSSR count). The highest BCUT2D eigenvalue weighted by Gasteiger charge is 2.16. The van der Waals surface area contributed by atoms with Crippen LogP contribution in [-0.4, -0.2) is 25.3 Å². The summed E-state index contributed by atoms with van der Waals surface area (Å²) < 4.78 is 36.3. The first kappa shape index (κ1) is 14.7. The number of Topliss-reactive ketones (excluding diaryl/α,β-unsaturated/α-hetero) is 1. The highest BCUT2D eigenvalue weighted by molar-refractivity contribution is 5.96. The van der Waals surface area contributed by atoms with Crippen molar-refractivity contribution in [3.63, 3.8) is 0 Å². The van der Waals surface area contributed by atoms with Gasteiger partial charge in [-0.2, -0.15) is 0 Å². The molecule has 0 aliphatic rings. The van der Waals surface area contributed by atoms with Crippen molar-refractivity contribution in [2.75, 3.05) is 13.2 Å². The fourth-order valence-corrected chi connectivity index (χ4v) is 1.52. The summed E-state index contributed by atoms with van der Waals surface area (Å²) in [7, 11) is 0. The Bertz CT molecular complexity index is 381. The predicted molar refractivity (Wildman–Crippen MR) is 62.3 cm³/mol. The lowest BCUT2D eigenvalue weighted by atomic mass is 10.1. The number of halogens is 2. The second-order valence-electron chi connectivity index (χ2n) is 3.63. The van der Waals surface area contributed by atoms with E-state index in [1.165, 1.54) is 0 Å². The van der Waals surface area contributed by atoms with E-state index in [1.54, 1.807) is 13.8 Å². The highest BCUT2D eigenvalue weighted by atomic mass is 19.1. The molecule has 0 fully saturated rings. The molecular formula is C13H16F2O3.